The van der Waals surface area contributed by atoms with Gasteiger partial charge in [-0.25, -0.2) is 8.42 Å². The highest BCUT2D eigenvalue weighted by Crippen LogP contribution is 2.12. The molecule has 1 aromatic carbocycles. The number of halogens is 1. The second kappa shape index (κ2) is 7.04. The first-order valence-corrected chi connectivity index (χ1v) is 8.26. The van der Waals surface area contributed by atoms with E-state index in [4.69, 9.17) is 16.3 Å². The summed E-state index contributed by atoms with van der Waals surface area (Å²) in [7, 11) is -3.77. The Labute approximate surface area is 128 Å². The van der Waals surface area contributed by atoms with Gasteiger partial charge in [-0.3, -0.25) is 10.2 Å². The molecular weight excluding hydrogens is 316 g/mol. The normalized spacial score (nSPS) is 19.0. The van der Waals surface area contributed by atoms with E-state index in [2.05, 4.69) is 5.43 Å². The SMILES string of the molecule is O=C(NNS(=O)(=O)C=Cc1ccc(Cl)cc1)C1CCCO1. The Balaban J connectivity index is 1.89. The van der Waals surface area contributed by atoms with Crippen LogP contribution < -0.4 is 10.3 Å². The number of hydrogen-bond donors (Lipinski definition) is 2. The predicted octanol–water partition coefficient (Wildman–Crippen LogP) is 1.44. The van der Waals surface area contributed by atoms with Gasteiger partial charge in [0.15, 0.2) is 0 Å². The predicted molar refractivity (Wildman–Crippen MR) is 79.7 cm³/mol. The highest BCUT2D eigenvalue weighted by molar-refractivity contribution is 7.92. The first-order valence-electron chi connectivity index (χ1n) is 6.33. The van der Waals surface area contributed by atoms with Gasteiger partial charge in [0.25, 0.3) is 15.9 Å². The van der Waals surface area contributed by atoms with Gasteiger partial charge in [0.05, 0.1) is 0 Å². The fourth-order valence-corrected chi connectivity index (χ4v) is 2.54. The van der Waals surface area contributed by atoms with Crippen LogP contribution >= 0.6 is 11.6 Å². The molecule has 1 aliphatic rings. The van der Waals surface area contributed by atoms with E-state index in [9.17, 15) is 13.2 Å². The van der Waals surface area contributed by atoms with Gasteiger partial charge < -0.3 is 4.74 Å². The number of ether oxygens (including phenoxy) is 1. The summed E-state index contributed by atoms with van der Waals surface area (Å²) >= 11 is 5.73. The minimum atomic E-state index is -3.77. The van der Waals surface area contributed by atoms with Gasteiger partial charge in [0.1, 0.15) is 6.10 Å². The van der Waals surface area contributed by atoms with Crippen molar-refractivity contribution in [2.24, 2.45) is 0 Å². The van der Waals surface area contributed by atoms with Crippen molar-refractivity contribution in [2.45, 2.75) is 18.9 Å². The van der Waals surface area contributed by atoms with Gasteiger partial charge in [-0.1, -0.05) is 23.7 Å². The van der Waals surface area contributed by atoms with Crippen LogP contribution in [-0.4, -0.2) is 27.0 Å². The number of nitrogens with one attached hydrogen (secondary N) is 2. The number of benzene rings is 1. The molecule has 21 heavy (non-hydrogen) atoms. The summed E-state index contributed by atoms with van der Waals surface area (Å²) in [6, 6.07) is 6.67. The van der Waals surface area contributed by atoms with Crippen molar-refractivity contribution >= 4 is 33.6 Å². The molecule has 1 fully saturated rings. The quantitative estimate of drug-likeness (QED) is 0.800. The van der Waals surface area contributed by atoms with Crippen molar-refractivity contribution in [1.29, 1.82) is 0 Å². The molecule has 1 amide bonds. The van der Waals surface area contributed by atoms with Gasteiger partial charge in [-0.15, -0.1) is 4.83 Å². The molecule has 1 atom stereocenters. The Hall–Kier alpha value is -1.41. The fourth-order valence-electron chi connectivity index (χ4n) is 1.76. The fraction of sp³-hybridized carbons (Fsp3) is 0.308. The molecule has 8 heteroatoms. The molecule has 2 rings (SSSR count). The minimum Gasteiger partial charge on any atom is -0.368 e. The van der Waals surface area contributed by atoms with Gasteiger partial charge >= 0.3 is 0 Å². The zero-order valence-corrected chi connectivity index (χ0v) is 12.7. The van der Waals surface area contributed by atoms with Gasteiger partial charge in [-0.2, -0.15) is 0 Å². The molecular formula is C13H15ClN2O4S. The second-order valence-corrected chi connectivity index (χ2v) is 6.50. The van der Waals surface area contributed by atoms with Crippen LogP contribution in [0.3, 0.4) is 0 Å². The van der Waals surface area contributed by atoms with Crippen LogP contribution in [0.1, 0.15) is 18.4 Å². The van der Waals surface area contributed by atoms with Crippen LogP contribution in [0.4, 0.5) is 0 Å². The van der Waals surface area contributed by atoms with E-state index < -0.39 is 22.0 Å². The summed E-state index contributed by atoms with van der Waals surface area (Å²) in [5.41, 5.74) is 2.81. The molecule has 0 radical (unpaired) electrons. The van der Waals surface area contributed by atoms with Gasteiger partial charge in [-0.05, 0) is 36.6 Å². The number of hydrogen-bond acceptors (Lipinski definition) is 4. The van der Waals surface area contributed by atoms with Crippen molar-refractivity contribution in [2.75, 3.05) is 6.61 Å². The van der Waals surface area contributed by atoms with Crippen LogP contribution in [0.2, 0.25) is 5.02 Å². The van der Waals surface area contributed by atoms with Crippen LogP contribution in [0.5, 0.6) is 0 Å². The van der Waals surface area contributed by atoms with Crippen LogP contribution in [-0.2, 0) is 19.6 Å². The zero-order chi connectivity index (χ0) is 15.3. The second-order valence-electron chi connectivity index (χ2n) is 4.49. The third-order valence-electron chi connectivity index (χ3n) is 2.85. The highest BCUT2D eigenvalue weighted by atomic mass is 35.5. The van der Waals surface area contributed by atoms with E-state index in [1.807, 2.05) is 4.83 Å². The van der Waals surface area contributed by atoms with E-state index in [0.29, 0.717) is 23.6 Å². The average molecular weight is 331 g/mol. The summed E-state index contributed by atoms with van der Waals surface area (Å²) in [5.74, 6) is -0.490. The lowest BCUT2D eigenvalue weighted by Gasteiger charge is -2.10. The Kier molecular flexibility index (Phi) is 5.35. The minimum absolute atomic E-state index is 0.490. The summed E-state index contributed by atoms with van der Waals surface area (Å²) in [6.07, 6.45) is 2.19. The van der Waals surface area contributed by atoms with E-state index in [0.717, 1.165) is 11.8 Å². The molecule has 1 heterocycles. The van der Waals surface area contributed by atoms with Crippen molar-refractivity contribution in [3.63, 3.8) is 0 Å². The molecule has 1 unspecified atom stereocenters. The summed E-state index contributed by atoms with van der Waals surface area (Å²) < 4.78 is 28.6. The first kappa shape index (κ1) is 16.0. The van der Waals surface area contributed by atoms with E-state index in [-0.39, 0.29) is 0 Å². The molecule has 0 spiro atoms. The number of carbonyl (C=O) groups excluding carboxylic acids is 1. The number of rotatable bonds is 5. The average Bonchev–Trinajstić information content (AvgIpc) is 2.99. The van der Waals surface area contributed by atoms with Crippen molar-refractivity contribution < 1.29 is 17.9 Å². The first-order chi connectivity index (χ1) is 9.96. The van der Waals surface area contributed by atoms with Crippen molar-refractivity contribution in [1.82, 2.24) is 10.3 Å². The molecule has 0 aromatic heterocycles. The Morgan fingerprint density at radius 3 is 2.67 bits per heavy atom. The van der Waals surface area contributed by atoms with Crippen LogP contribution in [0.25, 0.3) is 6.08 Å². The lowest BCUT2D eigenvalue weighted by molar-refractivity contribution is -0.130. The van der Waals surface area contributed by atoms with Crippen LogP contribution in [0, 0.1) is 0 Å². The summed E-state index contributed by atoms with van der Waals surface area (Å²) in [6.45, 7) is 0.515. The maximum atomic E-state index is 11.7. The lowest BCUT2D eigenvalue weighted by Crippen LogP contribution is -2.45. The van der Waals surface area contributed by atoms with Gasteiger partial charge in [0.2, 0.25) is 0 Å². The third-order valence-corrected chi connectivity index (χ3v) is 3.98. The number of hydrazine groups is 1. The third kappa shape index (κ3) is 5.13. The largest absolute Gasteiger partial charge is 0.368 e. The Morgan fingerprint density at radius 2 is 2.05 bits per heavy atom. The number of sulfonamides is 1. The molecule has 0 bridgehead atoms. The van der Waals surface area contributed by atoms with Gasteiger partial charge in [0, 0.05) is 17.0 Å². The Morgan fingerprint density at radius 1 is 1.33 bits per heavy atom. The zero-order valence-electron chi connectivity index (χ0n) is 11.1. The molecule has 6 nitrogen and oxygen atoms in total. The summed E-state index contributed by atoms with van der Waals surface area (Å²) in [4.78, 5) is 13.6. The maximum Gasteiger partial charge on any atom is 0.264 e. The molecule has 2 N–H and O–H groups in total. The van der Waals surface area contributed by atoms with Crippen LogP contribution in [0.15, 0.2) is 29.7 Å². The van der Waals surface area contributed by atoms with E-state index in [1.165, 1.54) is 6.08 Å². The number of carbonyl (C=O) groups is 1. The van der Waals surface area contributed by atoms with E-state index in [1.54, 1.807) is 24.3 Å². The topological polar surface area (TPSA) is 84.5 Å². The highest BCUT2D eigenvalue weighted by Gasteiger charge is 2.24. The molecule has 0 aliphatic carbocycles. The smallest absolute Gasteiger partial charge is 0.264 e. The Bertz CT molecular complexity index is 622. The van der Waals surface area contributed by atoms with Crippen molar-refractivity contribution in [3.8, 4) is 0 Å². The molecule has 1 saturated heterocycles. The molecule has 114 valence electrons. The lowest BCUT2D eigenvalue weighted by atomic mass is 10.2. The molecule has 1 aromatic rings. The monoisotopic (exact) mass is 330 g/mol. The standard InChI is InChI=1S/C13H15ClN2O4S/c14-11-5-3-10(4-6-11)7-9-21(18,19)16-15-13(17)12-2-1-8-20-12/h3-7,9,12,16H,1-2,8H2,(H,15,17). The maximum absolute atomic E-state index is 11.7. The van der Waals surface area contributed by atoms with Crippen molar-refractivity contribution in [3.05, 3.63) is 40.3 Å². The van der Waals surface area contributed by atoms with E-state index >= 15 is 0 Å². The molecule has 0 saturated carbocycles. The molecule has 1 aliphatic heterocycles. The number of amides is 1. The summed E-state index contributed by atoms with van der Waals surface area (Å²) in [5, 5.41) is 1.53.